The van der Waals surface area contributed by atoms with Gasteiger partial charge in [-0.2, -0.15) is 5.10 Å². The molecule has 0 radical (unpaired) electrons. The molecule has 114 valence electrons. The van der Waals surface area contributed by atoms with E-state index in [0.29, 0.717) is 6.42 Å². The summed E-state index contributed by atoms with van der Waals surface area (Å²) in [5.41, 5.74) is 0.996. The fraction of sp³-hybridized carbons (Fsp3) is 0.467. The molecule has 6 heteroatoms. The Hall–Kier alpha value is -2.08. The Bertz CT molecular complexity index is 561. The van der Waals surface area contributed by atoms with E-state index in [4.69, 9.17) is 9.47 Å². The van der Waals surface area contributed by atoms with Gasteiger partial charge in [-0.1, -0.05) is 6.07 Å². The molecule has 0 fully saturated rings. The quantitative estimate of drug-likeness (QED) is 0.843. The maximum atomic E-state index is 5.48. The number of hydrogen-bond donors (Lipinski definition) is 1. The first-order valence-electron chi connectivity index (χ1n) is 6.99. The Balaban J connectivity index is 2.37. The molecule has 0 saturated heterocycles. The highest BCUT2D eigenvalue weighted by Gasteiger charge is 2.21. The summed E-state index contributed by atoms with van der Waals surface area (Å²) < 4.78 is 12.9. The molecule has 1 aromatic heterocycles. The van der Waals surface area contributed by atoms with Crippen LogP contribution in [0.2, 0.25) is 0 Å². The van der Waals surface area contributed by atoms with E-state index in [1.165, 1.54) is 0 Å². The van der Waals surface area contributed by atoms with Crippen LogP contribution in [0.4, 0.5) is 0 Å². The van der Waals surface area contributed by atoms with Crippen LogP contribution in [0.15, 0.2) is 24.5 Å². The summed E-state index contributed by atoms with van der Waals surface area (Å²) in [7, 11) is 5.25. The van der Waals surface area contributed by atoms with E-state index in [2.05, 4.69) is 22.3 Å². The van der Waals surface area contributed by atoms with Gasteiger partial charge in [-0.25, -0.2) is 4.98 Å². The molecule has 1 heterocycles. The summed E-state index contributed by atoms with van der Waals surface area (Å²) in [6.45, 7) is 2.85. The average Bonchev–Trinajstić information content (AvgIpc) is 2.99. The Kier molecular flexibility index (Phi) is 5.16. The van der Waals surface area contributed by atoms with Gasteiger partial charge in [-0.05, 0) is 26.1 Å². The lowest BCUT2D eigenvalue weighted by Gasteiger charge is -2.21. The number of likely N-dealkylation sites (N-methyl/N-ethyl adjacent to an activating group) is 1. The molecule has 0 bridgehead atoms. The van der Waals surface area contributed by atoms with E-state index in [-0.39, 0.29) is 6.04 Å². The summed E-state index contributed by atoms with van der Waals surface area (Å²) in [5.74, 6) is 2.54. The fourth-order valence-electron chi connectivity index (χ4n) is 2.46. The molecule has 2 aromatic rings. The van der Waals surface area contributed by atoms with Crippen LogP contribution in [0.25, 0.3) is 0 Å². The minimum atomic E-state index is 0.0330. The van der Waals surface area contributed by atoms with Crippen molar-refractivity contribution in [1.82, 2.24) is 20.1 Å². The maximum Gasteiger partial charge on any atom is 0.138 e. The fourth-order valence-corrected chi connectivity index (χ4v) is 2.46. The third-order valence-corrected chi connectivity index (χ3v) is 3.54. The van der Waals surface area contributed by atoms with Crippen LogP contribution in [0.1, 0.15) is 24.4 Å². The lowest BCUT2D eigenvalue weighted by Crippen LogP contribution is -2.22. The number of methoxy groups -OCH3 is 2. The van der Waals surface area contributed by atoms with E-state index in [1.807, 2.05) is 29.9 Å². The molecule has 0 spiro atoms. The molecule has 0 saturated carbocycles. The van der Waals surface area contributed by atoms with E-state index in [9.17, 15) is 0 Å². The van der Waals surface area contributed by atoms with Crippen molar-refractivity contribution in [2.75, 3.05) is 21.3 Å². The van der Waals surface area contributed by atoms with E-state index >= 15 is 0 Å². The number of rotatable bonds is 7. The largest absolute Gasteiger partial charge is 0.496 e. The van der Waals surface area contributed by atoms with Crippen molar-refractivity contribution >= 4 is 0 Å². The second-order valence-corrected chi connectivity index (χ2v) is 4.61. The second kappa shape index (κ2) is 7.08. The van der Waals surface area contributed by atoms with E-state index in [0.717, 1.165) is 29.4 Å². The molecule has 1 N–H and O–H groups in total. The van der Waals surface area contributed by atoms with Gasteiger partial charge in [0.2, 0.25) is 0 Å². The van der Waals surface area contributed by atoms with Gasteiger partial charge in [0.05, 0.1) is 19.8 Å². The van der Waals surface area contributed by atoms with Gasteiger partial charge in [0, 0.05) is 19.0 Å². The third kappa shape index (κ3) is 3.16. The van der Waals surface area contributed by atoms with Crippen molar-refractivity contribution in [3.05, 3.63) is 35.9 Å². The van der Waals surface area contributed by atoms with Crippen molar-refractivity contribution in [3.63, 3.8) is 0 Å². The molecule has 0 aliphatic rings. The second-order valence-electron chi connectivity index (χ2n) is 4.61. The number of ether oxygens (including phenoxy) is 2. The van der Waals surface area contributed by atoms with Gasteiger partial charge >= 0.3 is 0 Å². The normalized spacial score (nSPS) is 12.2. The predicted molar refractivity (Wildman–Crippen MR) is 80.7 cm³/mol. The zero-order valence-corrected chi connectivity index (χ0v) is 13.0. The van der Waals surface area contributed by atoms with Gasteiger partial charge < -0.3 is 14.8 Å². The first-order chi connectivity index (χ1) is 10.2. The first kappa shape index (κ1) is 15.3. The molecule has 0 aliphatic heterocycles. The Labute approximate surface area is 125 Å². The number of benzene rings is 1. The molecule has 6 nitrogen and oxygen atoms in total. The predicted octanol–water partition coefficient (Wildman–Crippen LogP) is 1.82. The van der Waals surface area contributed by atoms with Crippen molar-refractivity contribution in [1.29, 1.82) is 0 Å². The Morgan fingerprint density at radius 2 is 1.90 bits per heavy atom. The number of nitrogens with zero attached hydrogens (tertiary/aromatic N) is 3. The maximum absolute atomic E-state index is 5.48. The third-order valence-electron chi connectivity index (χ3n) is 3.54. The van der Waals surface area contributed by atoms with Gasteiger partial charge in [0.15, 0.2) is 0 Å². The molecule has 0 amide bonds. The van der Waals surface area contributed by atoms with Gasteiger partial charge in [-0.15, -0.1) is 0 Å². The SMILES string of the molecule is CCn1ncnc1CC(NC)c1c(OC)cccc1OC. The highest BCUT2D eigenvalue weighted by atomic mass is 16.5. The molecular formula is C15H22N4O2. The highest BCUT2D eigenvalue weighted by Crippen LogP contribution is 2.35. The Morgan fingerprint density at radius 3 is 2.43 bits per heavy atom. The number of aryl methyl sites for hydroxylation is 1. The van der Waals surface area contributed by atoms with Gasteiger partial charge in [-0.3, -0.25) is 4.68 Å². The monoisotopic (exact) mass is 290 g/mol. The van der Waals surface area contributed by atoms with E-state index in [1.54, 1.807) is 20.5 Å². The topological polar surface area (TPSA) is 61.2 Å². The van der Waals surface area contributed by atoms with Crippen LogP contribution >= 0.6 is 0 Å². The molecule has 2 rings (SSSR count). The lowest BCUT2D eigenvalue weighted by atomic mass is 10.0. The average molecular weight is 290 g/mol. The number of hydrogen-bond acceptors (Lipinski definition) is 5. The van der Waals surface area contributed by atoms with Crippen molar-refractivity contribution < 1.29 is 9.47 Å². The van der Waals surface area contributed by atoms with Crippen LogP contribution in [0.5, 0.6) is 11.5 Å². The molecule has 1 aromatic carbocycles. The summed E-state index contributed by atoms with van der Waals surface area (Å²) in [6.07, 6.45) is 2.30. The van der Waals surface area contributed by atoms with E-state index < -0.39 is 0 Å². The van der Waals surface area contributed by atoms with Crippen molar-refractivity contribution in [2.45, 2.75) is 25.9 Å². The zero-order valence-electron chi connectivity index (χ0n) is 13.0. The zero-order chi connectivity index (χ0) is 15.2. The van der Waals surface area contributed by atoms with Crippen LogP contribution in [0, 0.1) is 0 Å². The van der Waals surface area contributed by atoms with Crippen molar-refractivity contribution in [2.24, 2.45) is 0 Å². The smallest absolute Gasteiger partial charge is 0.138 e. The molecule has 1 atom stereocenters. The highest BCUT2D eigenvalue weighted by molar-refractivity contribution is 5.47. The first-order valence-corrected chi connectivity index (χ1v) is 6.99. The van der Waals surface area contributed by atoms with Gasteiger partial charge in [0.25, 0.3) is 0 Å². The minimum absolute atomic E-state index is 0.0330. The van der Waals surface area contributed by atoms with Crippen LogP contribution in [-0.2, 0) is 13.0 Å². The molecule has 21 heavy (non-hydrogen) atoms. The summed E-state index contributed by atoms with van der Waals surface area (Å²) >= 11 is 0. The van der Waals surface area contributed by atoms with Crippen molar-refractivity contribution in [3.8, 4) is 11.5 Å². The molecule has 1 unspecified atom stereocenters. The summed E-state index contributed by atoms with van der Waals surface area (Å²) in [5, 5.41) is 7.53. The Morgan fingerprint density at radius 1 is 1.24 bits per heavy atom. The summed E-state index contributed by atoms with van der Waals surface area (Å²) in [6, 6.07) is 5.83. The van der Waals surface area contributed by atoms with Crippen LogP contribution in [-0.4, -0.2) is 36.0 Å². The van der Waals surface area contributed by atoms with Gasteiger partial charge in [0.1, 0.15) is 23.7 Å². The molecule has 0 aliphatic carbocycles. The molecular weight excluding hydrogens is 268 g/mol. The van der Waals surface area contributed by atoms with Crippen LogP contribution < -0.4 is 14.8 Å². The lowest BCUT2D eigenvalue weighted by molar-refractivity contribution is 0.371. The van der Waals surface area contributed by atoms with Crippen LogP contribution in [0.3, 0.4) is 0 Å². The standard InChI is InChI=1S/C15H22N4O2/c1-5-19-14(17-10-18-19)9-11(16-2)15-12(20-3)7-6-8-13(15)21-4/h6-8,10-11,16H,5,9H2,1-4H3. The number of nitrogens with one attached hydrogen (secondary N) is 1. The summed E-state index contributed by atoms with van der Waals surface area (Å²) in [4.78, 5) is 4.34. The number of aromatic nitrogens is 3. The minimum Gasteiger partial charge on any atom is -0.496 e.